The van der Waals surface area contributed by atoms with Gasteiger partial charge in [0, 0.05) is 12.2 Å². The van der Waals surface area contributed by atoms with Gasteiger partial charge in [-0.05, 0) is 31.4 Å². The Morgan fingerprint density at radius 2 is 2.05 bits per heavy atom. The van der Waals surface area contributed by atoms with Crippen LogP contribution in [0, 0.1) is 0 Å². The van der Waals surface area contributed by atoms with E-state index < -0.39 is 23.2 Å². The van der Waals surface area contributed by atoms with Gasteiger partial charge in [-0.25, -0.2) is 4.79 Å². The van der Waals surface area contributed by atoms with E-state index in [0.717, 1.165) is 6.07 Å². The molecular formula is C15H18F3NO2. The number of para-hydroxylation sites is 1. The molecule has 1 aliphatic heterocycles. The normalized spacial score (nSPS) is 22.6. The van der Waals surface area contributed by atoms with Crippen molar-refractivity contribution in [1.82, 2.24) is 0 Å². The minimum Gasteiger partial charge on any atom is -0.479 e. The third-order valence-corrected chi connectivity index (χ3v) is 4.05. The molecule has 6 heteroatoms. The van der Waals surface area contributed by atoms with Gasteiger partial charge in [0.05, 0.1) is 5.56 Å². The average molecular weight is 301 g/mol. The molecule has 0 saturated carbocycles. The van der Waals surface area contributed by atoms with Crippen LogP contribution in [0.15, 0.2) is 24.3 Å². The predicted octanol–water partition coefficient (Wildman–Crippen LogP) is 3.93. The highest BCUT2D eigenvalue weighted by Gasteiger charge is 2.49. The Morgan fingerprint density at radius 1 is 1.38 bits per heavy atom. The highest BCUT2D eigenvalue weighted by Crippen LogP contribution is 2.43. The number of hydrogen-bond donors (Lipinski definition) is 1. The Balaban J connectivity index is 2.52. The van der Waals surface area contributed by atoms with Crippen molar-refractivity contribution in [2.45, 2.75) is 44.3 Å². The second-order valence-electron chi connectivity index (χ2n) is 5.36. The maximum atomic E-state index is 13.2. The molecule has 1 saturated heterocycles. The van der Waals surface area contributed by atoms with Crippen molar-refractivity contribution < 1.29 is 23.1 Å². The van der Waals surface area contributed by atoms with E-state index in [-0.39, 0.29) is 5.69 Å². The minimum absolute atomic E-state index is 0.0293. The molecule has 1 unspecified atom stereocenters. The van der Waals surface area contributed by atoms with Gasteiger partial charge in [0.25, 0.3) is 0 Å². The van der Waals surface area contributed by atoms with Crippen molar-refractivity contribution in [2.75, 3.05) is 11.4 Å². The van der Waals surface area contributed by atoms with E-state index in [4.69, 9.17) is 0 Å². The molecule has 0 spiro atoms. The second kappa shape index (κ2) is 5.58. The van der Waals surface area contributed by atoms with Crippen LogP contribution in [-0.4, -0.2) is 23.2 Å². The molecule has 1 aromatic rings. The number of rotatable bonds is 4. The maximum absolute atomic E-state index is 13.2. The summed E-state index contributed by atoms with van der Waals surface area (Å²) in [5.74, 6) is -1.04. The van der Waals surface area contributed by atoms with Gasteiger partial charge in [0.15, 0.2) is 0 Å². The summed E-state index contributed by atoms with van der Waals surface area (Å²) < 4.78 is 39.5. The van der Waals surface area contributed by atoms with E-state index in [0.29, 0.717) is 32.2 Å². The Morgan fingerprint density at radius 3 is 2.62 bits per heavy atom. The quantitative estimate of drug-likeness (QED) is 0.916. The zero-order valence-corrected chi connectivity index (χ0v) is 11.8. The van der Waals surface area contributed by atoms with Gasteiger partial charge in [-0.2, -0.15) is 13.2 Å². The van der Waals surface area contributed by atoms with Gasteiger partial charge in [0.2, 0.25) is 0 Å². The first-order chi connectivity index (χ1) is 9.83. The standard InChI is InChI=1S/C15H18F3NO2/c1-2-8-14(13(20)21)9-5-10-19(14)12-7-4-3-6-11(12)15(16,17)18/h3-4,6-7H,2,5,8-10H2,1H3,(H,20,21). The number of aliphatic carboxylic acids is 1. The zero-order chi connectivity index (χ0) is 15.7. The molecule has 0 radical (unpaired) electrons. The number of halogens is 3. The summed E-state index contributed by atoms with van der Waals surface area (Å²) in [4.78, 5) is 13.2. The van der Waals surface area contributed by atoms with E-state index >= 15 is 0 Å². The highest BCUT2D eigenvalue weighted by atomic mass is 19.4. The van der Waals surface area contributed by atoms with Gasteiger partial charge in [-0.3, -0.25) is 0 Å². The monoisotopic (exact) mass is 301 g/mol. The third-order valence-electron chi connectivity index (χ3n) is 4.05. The smallest absolute Gasteiger partial charge is 0.418 e. The van der Waals surface area contributed by atoms with Gasteiger partial charge in [-0.1, -0.05) is 25.5 Å². The molecule has 1 aliphatic rings. The van der Waals surface area contributed by atoms with E-state index in [2.05, 4.69) is 0 Å². The number of anilines is 1. The van der Waals surface area contributed by atoms with E-state index in [9.17, 15) is 23.1 Å². The maximum Gasteiger partial charge on any atom is 0.418 e. The lowest BCUT2D eigenvalue weighted by atomic mass is 9.90. The second-order valence-corrected chi connectivity index (χ2v) is 5.36. The van der Waals surface area contributed by atoms with Crippen LogP contribution in [-0.2, 0) is 11.0 Å². The molecule has 2 rings (SSSR count). The molecule has 1 atom stereocenters. The summed E-state index contributed by atoms with van der Waals surface area (Å²) in [5.41, 5.74) is -2.03. The summed E-state index contributed by atoms with van der Waals surface area (Å²) in [6.07, 6.45) is -2.58. The lowest BCUT2D eigenvalue weighted by Gasteiger charge is -2.37. The summed E-state index contributed by atoms with van der Waals surface area (Å²) in [7, 11) is 0. The van der Waals surface area contributed by atoms with Crippen LogP contribution >= 0.6 is 0 Å². The van der Waals surface area contributed by atoms with Crippen molar-refractivity contribution in [3.05, 3.63) is 29.8 Å². The number of benzene rings is 1. The summed E-state index contributed by atoms with van der Waals surface area (Å²) in [6.45, 7) is 2.18. The number of carbonyl (C=O) groups is 1. The Bertz CT molecular complexity index is 530. The van der Waals surface area contributed by atoms with Gasteiger partial charge in [0.1, 0.15) is 5.54 Å². The molecule has 3 nitrogen and oxygen atoms in total. The van der Waals surface area contributed by atoms with Gasteiger partial charge >= 0.3 is 12.1 Å². The lowest BCUT2D eigenvalue weighted by Crippen LogP contribution is -2.51. The Labute approximate surface area is 121 Å². The molecule has 1 heterocycles. The zero-order valence-electron chi connectivity index (χ0n) is 11.8. The van der Waals surface area contributed by atoms with Crippen LogP contribution in [0.2, 0.25) is 0 Å². The number of hydrogen-bond acceptors (Lipinski definition) is 2. The van der Waals surface area contributed by atoms with Crippen LogP contribution in [0.4, 0.5) is 18.9 Å². The molecule has 21 heavy (non-hydrogen) atoms. The fourth-order valence-electron chi connectivity index (χ4n) is 3.18. The summed E-state index contributed by atoms with van der Waals surface area (Å²) in [5, 5.41) is 9.60. The predicted molar refractivity (Wildman–Crippen MR) is 73.3 cm³/mol. The van der Waals surface area contributed by atoms with Crippen LogP contribution < -0.4 is 4.90 Å². The van der Waals surface area contributed by atoms with Gasteiger partial charge in [-0.15, -0.1) is 0 Å². The van der Waals surface area contributed by atoms with Crippen molar-refractivity contribution >= 4 is 11.7 Å². The fourth-order valence-corrected chi connectivity index (χ4v) is 3.18. The number of carboxylic acid groups (broad SMARTS) is 1. The molecule has 116 valence electrons. The lowest BCUT2D eigenvalue weighted by molar-refractivity contribution is -0.144. The number of nitrogens with zero attached hydrogens (tertiary/aromatic N) is 1. The fraction of sp³-hybridized carbons (Fsp3) is 0.533. The van der Waals surface area contributed by atoms with E-state index in [1.165, 1.54) is 23.1 Å². The summed E-state index contributed by atoms with van der Waals surface area (Å²) >= 11 is 0. The molecule has 1 aromatic carbocycles. The largest absolute Gasteiger partial charge is 0.479 e. The summed E-state index contributed by atoms with van der Waals surface area (Å²) in [6, 6.07) is 5.21. The topological polar surface area (TPSA) is 40.5 Å². The third kappa shape index (κ3) is 2.71. The van der Waals surface area contributed by atoms with Crippen LogP contribution in [0.1, 0.15) is 38.2 Å². The molecular weight excluding hydrogens is 283 g/mol. The first-order valence-corrected chi connectivity index (χ1v) is 7.00. The molecule has 0 bridgehead atoms. The molecule has 0 aromatic heterocycles. The van der Waals surface area contributed by atoms with Crippen molar-refractivity contribution in [3.8, 4) is 0 Å². The van der Waals surface area contributed by atoms with Crippen LogP contribution in [0.3, 0.4) is 0 Å². The molecule has 0 amide bonds. The first-order valence-electron chi connectivity index (χ1n) is 7.00. The highest BCUT2D eigenvalue weighted by molar-refractivity contribution is 5.85. The van der Waals surface area contributed by atoms with Gasteiger partial charge < -0.3 is 10.0 Å². The van der Waals surface area contributed by atoms with Crippen molar-refractivity contribution in [3.63, 3.8) is 0 Å². The number of carboxylic acids is 1. The number of alkyl halides is 3. The van der Waals surface area contributed by atoms with E-state index in [1.54, 1.807) is 0 Å². The Hall–Kier alpha value is -1.72. The molecule has 1 N–H and O–H groups in total. The average Bonchev–Trinajstić information content (AvgIpc) is 2.83. The minimum atomic E-state index is -4.49. The SMILES string of the molecule is CCCC1(C(=O)O)CCCN1c1ccccc1C(F)(F)F. The molecule has 0 aliphatic carbocycles. The Kier molecular flexibility index (Phi) is 4.16. The van der Waals surface area contributed by atoms with Crippen LogP contribution in [0.5, 0.6) is 0 Å². The molecule has 1 fully saturated rings. The van der Waals surface area contributed by atoms with Crippen molar-refractivity contribution in [1.29, 1.82) is 0 Å². The van der Waals surface area contributed by atoms with Crippen LogP contribution in [0.25, 0.3) is 0 Å². The van der Waals surface area contributed by atoms with Crippen molar-refractivity contribution in [2.24, 2.45) is 0 Å². The van der Waals surface area contributed by atoms with E-state index in [1.807, 2.05) is 6.92 Å². The first kappa shape index (κ1) is 15.7.